The largest absolute Gasteiger partial charge is 0.465 e. The smallest absolute Gasteiger partial charge is 0.322 e. The molecule has 0 aromatic rings. The fourth-order valence-electron chi connectivity index (χ4n) is 3.07. The van der Waals surface area contributed by atoms with E-state index in [4.69, 9.17) is 9.47 Å². The molecule has 0 unspecified atom stereocenters. The number of carbonyl (C=O) groups excluding carboxylic acids is 2. The molecule has 0 amide bonds. The number of unbranched alkanes of at least 4 members (excludes halogenated alkanes) is 13. The molecule has 0 atom stereocenters. The summed E-state index contributed by atoms with van der Waals surface area (Å²) >= 11 is 0. The van der Waals surface area contributed by atoms with Crippen molar-refractivity contribution < 1.29 is 19.1 Å². The Labute approximate surface area is 174 Å². The molecule has 28 heavy (non-hydrogen) atoms. The van der Waals surface area contributed by atoms with Crippen LogP contribution in [0.3, 0.4) is 0 Å². The van der Waals surface area contributed by atoms with E-state index < -0.39 is 17.4 Å². The lowest BCUT2D eigenvalue weighted by atomic mass is 9.94. The highest BCUT2D eigenvalue weighted by atomic mass is 16.6. The molecule has 0 bridgehead atoms. The van der Waals surface area contributed by atoms with Gasteiger partial charge in [0.2, 0.25) is 0 Å². The van der Waals surface area contributed by atoms with Gasteiger partial charge in [-0.1, -0.05) is 97.3 Å². The molecule has 4 nitrogen and oxygen atoms in total. The number of rotatable bonds is 19. The van der Waals surface area contributed by atoms with Gasteiger partial charge in [-0.15, -0.1) is 0 Å². The van der Waals surface area contributed by atoms with Crippen LogP contribution in [0.25, 0.3) is 0 Å². The molecule has 0 saturated carbocycles. The van der Waals surface area contributed by atoms with E-state index in [1.807, 2.05) is 0 Å². The van der Waals surface area contributed by atoms with Crippen LogP contribution in [0.1, 0.15) is 124 Å². The van der Waals surface area contributed by atoms with E-state index in [1.54, 1.807) is 13.8 Å². The van der Waals surface area contributed by atoms with Crippen LogP contribution in [-0.2, 0) is 19.1 Å². The summed E-state index contributed by atoms with van der Waals surface area (Å²) in [6.45, 7) is 8.40. The van der Waals surface area contributed by atoms with Gasteiger partial charge in [-0.2, -0.15) is 0 Å². The average Bonchev–Trinajstić information content (AvgIpc) is 2.68. The molecule has 0 radical (unpaired) electrons. The Balaban J connectivity index is 3.75. The first kappa shape index (κ1) is 26.9. The minimum Gasteiger partial charge on any atom is -0.465 e. The van der Waals surface area contributed by atoms with Crippen molar-refractivity contribution in [2.45, 2.75) is 124 Å². The Hall–Kier alpha value is -1.06. The van der Waals surface area contributed by atoms with Crippen molar-refractivity contribution in [3.8, 4) is 0 Å². The maximum absolute atomic E-state index is 12.2. The lowest BCUT2D eigenvalue weighted by Gasteiger charge is -2.20. The van der Waals surface area contributed by atoms with Gasteiger partial charge in [0.05, 0.1) is 13.2 Å². The van der Waals surface area contributed by atoms with Gasteiger partial charge in [0.15, 0.2) is 5.41 Å². The number of hydrogen-bond acceptors (Lipinski definition) is 4. The Bertz CT molecular complexity index is 390. The van der Waals surface area contributed by atoms with Crippen LogP contribution in [0, 0.1) is 5.41 Å². The van der Waals surface area contributed by atoms with Crippen molar-refractivity contribution in [2.75, 3.05) is 13.2 Å². The number of ether oxygens (including phenoxy) is 2. The predicted molar refractivity (Wildman–Crippen MR) is 116 cm³/mol. The first-order valence-electron chi connectivity index (χ1n) is 11.8. The standard InChI is InChI=1S/C24H46O4/c1-5-7-9-11-13-15-17-19-21-28-23(26)24(3,4)22(25)27-20-18-16-14-12-10-8-6-2/h5-21H2,1-4H3. The SMILES string of the molecule is CCCCCCCCCCOC(=O)C(C)(C)C(=O)OCCCCCCCCC. The fourth-order valence-corrected chi connectivity index (χ4v) is 3.07. The summed E-state index contributed by atoms with van der Waals surface area (Å²) in [5.74, 6) is -0.945. The minimum atomic E-state index is -1.22. The highest BCUT2D eigenvalue weighted by Crippen LogP contribution is 2.20. The predicted octanol–water partition coefficient (Wildman–Crippen LogP) is 6.99. The van der Waals surface area contributed by atoms with Crippen LogP contribution < -0.4 is 0 Å². The third kappa shape index (κ3) is 14.0. The second-order valence-corrected chi connectivity index (χ2v) is 8.49. The second kappa shape index (κ2) is 18.0. The summed E-state index contributed by atoms with van der Waals surface area (Å²) in [6.07, 6.45) is 17.8. The summed E-state index contributed by atoms with van der Waals surface area (Å²) in [7, 11) is 0. The van der Waals surface area contributed by atoms with Crippen LogP contribution in [0.15, 0.2) is 0 Å². The van der Waals surface area contributed by atoms with E-state index in [2.05, 4.69) is 13.8 Å². The highest BCUT2D eigenvalue weighted by Gasteiger charge is 2.39. The first-order valence-corrected chi connectivity index (χ1v) is 11.8. The second-order valence-electron chi connectivity index (χ2n) is 8.49. The molecule has 166 valence electrons. The van der Waals surface area contributed by atoms with Gasteiger partial charge in [0, 0.05) is 0 Å². The maximum atomic E-state index is 12.2. The van der Waals surface area contributed by atoms with Crippen LogP contribution >= 0.6 is 0 Å². The molecule has 0 rings (SSSR count). The fraction of sp³-hybridized carbons (Fsp3) is 0.917. The van der Waals surface area contributed by atoms with Gasteiger partial charge in [-0.05, 0) is 26.7 Å². The molecule has 0 aliphatic rings. The number of esters is 2. The molecule has 0 fully saturated rings. The van der Waals surface area contributed by atoms with E-state index in [0.29, 0.717) is 13.2 Å². The normalized spacial score (nSPS) is 11.4. The number of hydrogen-bond donors (Lipinski definition) is 0. The molecule has 0 aliphatic heterocycles. The quantitative estimate of drug-likeness (QED) is 0.134. The van der Waals surface area contributed by atoms with Gasteiger partial charge in [0.25, 0.3) is 0 Å². The van der Waals surface area contributed by atoms with E-state index in [1.165, 1.54) is 70.6 Å². The summed E-state index contributed by atoms with van der Waals surface area (Å²) in [6, 6.07) is 0. The molecule has 0 spiro atoms. The summed E-state index contributed by atoms with van der Waals surface area (Å²) in [5, 5.41) is 0. The molecule has 0 N–H and O–H groups in total. The van der Waals surface area contributed by atoms with Crippen molar-refractivity contribution >= 4 is 11.9 Å². The summed E-state index contributed by atoms with van der Waals surface area (Å²) in [4.78, 5) is 24.4. The average molecular weight is 399 g/mol. The van der Waals surface area contributed by atoms with Gasteiger partial charge in [-0.25, -0.2) is 0 Å². The van der Waals surface area contributed by atoms with Crippen molar-refractivity contribution in [2.24, 2.45) is 5.41 Å². The van der Waals surface area contributed by atoms with Crippen molar-refractivity contribution in [3.63, 3.8) is 0 Å². The Morgan fingerprint density at radius 1 is 0.536 bits per heavy atom. The van der Waals surface area contributed by atoms with E-state index in [-0.39, 0.29) is 0 Å². The zero-order valence-electron chi connectivity index (χ0n) is 19.2. The lowest BCUT2D eigenvalue weighted by molar-refractivity contribution is -0.169. The topological polar surface area (TPSA) is 52.6 Å². The van der Waals surface area contributed by atoms with Gasteiger partial charge >= 0.3 is 11.9 Å². The highest BCUT2D eigenvalue weighted by molar-refractivity contribution is 5.99. The van der Waals surface area contributed by atoms with Crippen LogP contribution in [0.4, 0.5) is 0 Å². The third-order valence-electron chi connectivity index (χ3n) is 5.23. The molecule has 0 aromatic carbocycles. The molecule has 0 heterocycles. The zero-order chi connectivity index (χ0) is 21.1. The molecular weight excluding hydrogens is 352 g/mol. The Kier molecular flexibility index (Phi) is 17.3. The van der Waals surface area contributed by atoms with Gasteiger partial charge in [0.1, 0.15) is 0 Å². The van der Waals surface area contributed by atoms with Crippen molar-refractivity contribution in [3.05, 3.63) is 0 Å². The molecular formula is C24H46O4. The van der Waals surface area contributed by atoms with Gasteiger partial charge in [-0.3, -0.25) is 9.59 Å². The van der Waals surface area contributed by atoms with Crippen LogP contribution in [0.5, 0.6) is 0 Å². The molecule has 0 aliphatic carbocycles. The maximum Gasteiger partial charge on any atom is 0.322 e. The van der Waals surface area contributed by atoms with Gasteiger partial charge < -0.3 is 9.47 Å². The molecule has 4 heteroatoms. The zero-order valence-corrected chi connectivity index (χ0v) is 19.2. The summed E-state index contributed by atoms with van der Waals surface area (Å²) < 4.78 is 10.6. The lowest BCUT2D eigenvalue weighted by Crippen LogP contribution is -2.37. The first-order chi connectivity index (χ1) is 13.5. The van der Waals surface area contributed by atoms with E-state index >= 15 is 0 Å². The molecule has 0 saturated heterocycles. The number of carbonyl (C=O) groups is 2. The van der Waals surface area contributed by atoms with E-state index in [9.17, 15) is 9.59 Å². The van der Waals surface area contributed by atoms with Crippen molar-refractivity contribution in [1.82, 2.24) is 0 Å². The Morgan fingerprint density at radius 2 is 0.821 bits per heavy atom. The third-order valence-corrected chi connectivity index (χ3v) is 5.23. The minimum absolute atomic E-state index is 0.390. The monoisotopic (exact) mass is 398 g/mol. The van der Waals surface area contributed by atoms with E-state index in [0.717, 1.165) is 25.7 Å². The van der Waals surface area contributed by atoms with Crippen molar-refractivity contribution in [1.29, 1.82) is 0 Å². The van der Waals surface area contributed by atoms with Crippen LogP contribution in [0.2, 0.25) is 0 Å². The van der Waals surface area contributed by atoms with Crippen LogP contribution in [-0.4, -0.2) is 25.2 Å². The summed E-state index contributed by atoms with van der Waals surface area (Å²) in [5.41, 5.74) is -1.22. The molecule has 0 aromatic heterocycles. The Morgan fingerprint density at radius 3 is 1.14 bits per heavy atom.